The molecule has 0 aromatic heterocycles. The summed E-state index contributed by atoms with van der Waals surface area (Å²) in [5.74, 6) is 0.336. The third kappa shape index (κ3) is 3.92. The van der Waals surface area contributed by atoms with Crippen LogP contribution in [0.4, 0.5) is 10.5 Å². The van der Waals surface area contributed by atoms with Crippen LogP contribution in [0.25, 0.3) is 0 Å². The Morgan fingerprint density at radius 3 is 2.43 bits per heavy atom. The number of ether oxygens (including phenoxy) is 1. The standard InChI is InChI=1S/C16H24N4O3/c1-16(2,14(17)21)20-9-7-19(8-10-20)15(22)18-12-5-4-6-13(11-12)23-3/h4-6,11H,7-10H2,1-3H3,(H2,17,21)(H,18,22). The Balaban J connectivity index is 1.92. The van der Waals surface area contributed by atoms with E-state index in [1.807, 2.05) is 23.1 Å². The van der Waals surface area contributed by atoms with Gasteiger partial charge in [-0.15, -0.1) is 0 Å². The first-order chi connectivity index (χ1) is 10.8. The quantitative estimate of drug-likeness (QED) is 0.870. The highest BCUT2D eigenvalue weighted by Gasteiger charge is 2.35. The number of nitrogens with zero attached hydrogens (tertiary/aromatic N) is 2. The lowest BCUT2D eigenvalue weighted by atomic mass is 10.0. The Bertz CT molecular complexity index is 580. The van der Waals surface area contributed by atoms with Gasteiger partial charge in [0.25, 0.3) is 0 Å². The third-order valence-corrected chi connectivity index (χ3v) is 4.28. The molecule has 1 aromatic rings. The molecule has 0 aliphatic carbocycles. The first kappa shape index (κ1) is 17.1. The smallest absolute Gasteiger partial charge is 0.321 e. The zero-order valence-corrected chi connectivity index (χ0v) is 13.8. The van der Waals surface area contributed by atoms with E-state index >= 15 is 0 Å². The lowest BCUT2D eigenvalue weighted by Gasteiger charge is -2.42. The summed E-state index contributed by atoms with van der Waals surface area (Å²) < 4.78 is 5.14. The zero-order valence-electron chi connectivity index (χ0n) is 13.8. The van der Waals surface area contributed by atoms with Crippen molar-refractivity contribution in [2.24, 2.45) is 5.73 Å². The van der Waals surface area contributed by atoms with Gasteiger partial charge in [0.15, 0.2) is 0 Å². The fourth-order valence-corrected chi connectivity index (χ4v) is 2.53. The summed E-state index contributed by atoms with van der Waals surface area (Å²) in [6.07, 6.45) is 0. The molecule has 126 valence electrons. The Hall–Kier alpha value is -2.28. The number of hydrogen-bond acceptors (Lipinski definition) is 4. The third-order valence-electron chi connectivity index (χ3n) is 4.28. The molecule has 1 aliphatic heterocycles. The molecule has 1 saturated heterocycles. The van der Waals surface area contributed by atoms with Crippen molar-refractivity contribution in [3.8, 4) is 5.75 Å². The molecule has 3 amide bonds. The summed E-state index contributed by atoms with van der Waals surface area (Å²) in [5.41, 5.74) is 5.43. The fourth-order valence-electron chi connectivity index (χ4n) is 2.53. The van der Waals surface area contributed by atoms with Crippen molar-refractivity contribution in [3.63, 3.8) is 0 Å². The van der Waals surface area contributed by atoms with Crippen LogP contribution in [0.5, 0.6) is 5.75 Å². The van der Waals surface area contributed by atoms with E-state index in [0.717, 1.165) is 0 Å². The minimum absolute atomic E-state index is 0.158. The van der Waals surface area contributed by atoms with Crippen molar-refractivity contribution in [3.05, 3.63) is 24.3 Å². The molecule has 7 nitrogen and oxygen atoms in total. The van der Waals surface area contributed by atoms with Crippen molar-refractivity contribution in [1.29, 1.82) is 0 Å². The summed E-state index contributed by atoms with van der Waals surface area (Å²) in [7, 11) is 1.58. The number of benzene rings is 1. The number of anilines is 1. The Kier molecular flexibility index (Phi) is 5.10. The summed E-state index contributed by atoms with van der Waals surface area (Å²) in [6.45, 7) is 5.94. The molecule has 0 bridgehead atoms. The molecule has 0 saturated carbocycles. The maximum Gasteiger partial charge on any atom is 0.321 e. The van der Waals surface area contributed by atoms with Gasteiger partial charge in [0, 0.05) is 37.9 Å². The van der Waals surface area contributed by atoms with Crippen LogP contribution < -0.4 is 15.8 Å². The van der Waals surface area contributed by atoms with Crippen LogP contribution in [0.2, 0.25) is 0 Å². The van der Waals surface area contributed by atoms with Crippen LogP contribution in [0.1, 0.15) is 13.8 Å². The van der Waals surface area contributed by atoms with Gasteiger partial charge in [0.05, 0.1) is 12.6 Å². The summed E-state index contributed by atoms with van der Waals surface area (Å²) in [5, 5.41) is 2.86. The van der Waals surface area contributed by atoms with Gasteiger partial charge in [0.1, 0.15) is 5.75 Å². The van der Waals surface area contributed by atoms with Crippen LogP contribution in [0.15, 0.2) is 24.3 Å². The predicted molar refractivity (Wildman–Crippen MR) is 88.4 cm³/mol. The monoisotopic (exact) mass is 320 g/mol. The van der Waals surface area contributed by atoms with Crippen molar-refractivity contribution < 1.29 is 14.3 Å². The number of carbonyl (C=O) groups is 2. The first-order valence-corrected chi connectivity index (χ1v) is 7.59. The predicted octanol–water partition coefficient (Wildman–Crippen LogP) is 1.11. The number of urea groups is 1. The van der Waals surface area contributed by atoms with Gasteiger partial charge in [-0.2, -0.15) is 0 Å². The van der Waals surface area contributed by atoms with Gasteiger partial charge in [-0.1, -0.05) is 6.07 Å². The molecule has 23 heavy (non-hydrogen) atoms. The molecule has 1 fully saturated rings. The summed E-state index contributed by atoms with van der Waals surface area (Å²) in [6, 6.07) is 7.06. The molecule has 1 aliphatic rings. The molecule has 0 spiro atoms. The highest BCUT2D eigenvalue weighted by atomic mass is 16.5. The van der Waals surface area contributed by atoms with E-state index in [1.54, 1.807) is 31.9 Å². The van der Waals surface area contributed by atoms with Crippen LogP contribution in [-0.4, -0.2) is 60.6 Å². The molecule has 1 heterocycles. The van der Waals surface area contributed by atoms with Gasteiger partial charge < -0.3 is 20.7 Å². The number of amides is 3. The van der Waals surface area contributed by atoms with Crippen molar-refractivity contribution in [1.82, 2.24) is 9.80 Å². The van der Waals surface area contributed by atoms with Crippen LogP contribution in [-0.2, 0) is 4.79 Å². The molecule has 2 rings (SSSR count). The number of methoxy groups -OCH3 is 1. The number of rotatable bonds is 4. The average molecular weight is 320 g/mol. The topological polar surface area (TPSA) is 87.9 Å². The molecule has 3 N–H and O–H groups in total. The van der Waals surface area contributed by atoms with Crippen LogP contribution in [0, 0.1) is 0 Å². The molecule has 0 radical (unpaired) electrons. The lowest BCUT2D eigenvalue weighted by Crippen LogP contribution is -2.60. The number of hydrogen-bond donors (Lipinski definition) is 2. The minimum atomic E-state index is -0.699. The Morgan fingerprint density at radius 1 is 1.22 bits per heavy atom. The largest absolute Gasteiger partial charge is 0.497 e. The SMILES string of the molecule is COc1cccc(NC(=O)N2CCN(C(C)(C)C(N)=O)CC2)c1. The lowest BCUT2D eigenvalue weighted by molar-refractivity contribution is -0.129. The normalized spacial score (nSPS) is 16.0. The molecule has 1 aromatic carbocycles. The molecular formula is C16H24N4O3. The summed E-state index contributed by atoms with van der Waals surface area (Å²) in [4.78, 5) is 27.6. The van der Waals surface area contributed by atoms with Gasteiger partial charge in [-0.05, 0) is 26.0 Å². The average Bonchev–Trinajstić information content (AvgIpc) is 2.55. The highest BCUT2D eigenvalue weighted by Crippen LogP contribution is 2.19. The maximum atomic E-state index is 12.3. The highest BCUT2D eigenvalue weighted by molar-refractivity contribution is 5.89. The number of nitrogens with two attached hydrogens (primary N) is 1. The first-order valence-electron chi connectivity index (χ1n) is 7.59. The van der Waals surface area contributed by atoms with Gasteiger partial charge >= 0.3 is 6.03 Å². The van der Waals surface area contributed by atoms with Crippen LogP contribution >= 0.6 is 0 Å². The number of carbonyl (C=O) groups excluding carboxylic acids is 2. The molecular weight excluding hydrogens is 296 g/mol. The molecule has 0 unspecified atom stereocenters. The fraction of sp³-hybridized carbons (Fsp3) is 0.500. The van der Waals surface area contributed by atoms with E-state index in [4.69, 9.17) is 10.5 Å². The van der Waals surface area contributed by atoms with E-state index in [1.165, 1.54) is 0 Å². The van der Waals surface area contributed by atoms with Gasteiger partial charge in [-0.3, -0.25) is 9.69 Å². The minimum Gasteiger partial charge on any atom is -0.497 e. The van der Waals surface area contributed by atoms with E-state index < -0.39 is 5.54 Å². The van der Waals surface area contributed by atoms with E-state index in [9.17, 15) is 9.59 Å². The number of nitrogens with one attached hydrogen (secondary N) is 1. The number of piperazine rings is 1. The zero-order chi connectivity index (χ0) is 17.0. The van der Waals surface area contributed by atoms with Crippen LogP contribution in [0.3, 0.4) is 0 Å². The Morgan fingerprint density at radius 2 is 1.87 bits per heavy atom. The Labute approximate surface area is 136 Å². The van der Waals surface area contributed by atoms with Crippen molar-refractivity contribution >= 4 is 17.6 Å². The van der Waals surface area contributed by atoms with Gasteiger partial charge in [-0.25, -0.2) is 4.79 Å². The maximum absolute atomic E-state index is 12.3. The van der Waals surface area contributed by atoms with E-state index in [-0.39, 0.29) is 11.9 Å². The second kappa shape index (κ2) is 6.87. The van der Waals surface area contributed by atoms with E-state index in [0.29, 0.717) is 37.6 Å². The second-order valence-electron chi connectivity index (χ2n) is 6.06. The van der Waals surface area contributed by atoms with Crippen molar-refractivity contribution in [2.75, 3.05) is 38.6 Å². The molecule has 7 heteroatoms. The summed E-state index contributed by atoms with van der Waals surface area (Å²) >= 11 is 0. The van der Waals surface area contributed by atoms with Crippen molar-refractivity contribution in [2.45, 2.75) is 19.4 Å². The van der Waals surface area contributed by atoms with E-state index in [2.05, 4.69) is 5.32 Å². The number of primary amides is 1. The second-order valence-corrected chi connectivity index (χ2v) is 6.06. The van der Waals surface area contributed by atoms with Gasteiger partial charge in [0.2, 0.25) is 5.91 Å². The molecule has 0 atom stereocenters.